The normalized spacial score (nSPS) is 17.8. The van der Waals surface area contributed by atoms with Crippen molar-refractivity contribution in [1.29, 1.82) is 0 Å². The number of rotatable bonds is 2. The fraction of sp³-hybridized carbons (Fsp3) is 0.200. The van der Waals surface area contributed by atoms with E-state index >= 15 is 0 Å². The molecule has 0 spiro atoms. The average Bonchev–Trinajstić information content (AvgIpc) is 2.82. The zero-order valence-electron chi connectivity index (χ0n) is 9.70. The van der Waals surface area contributed by atoms with E-state index in [0.29, 0.717) is 6.61 Å². The van der Waals surface area contributed by atoms with Gasteiger partial charge in [0, 0.05) is 5.33 Å². The van der Waals surface area contributed by atoms with Crippen LogP contribution in [-0.4, -0.2) is 0 Å². The van der Waals surface area contributed by atoms with Crippen LogP contribution in [0.1, 0.15) is 28.4 Å². The van der Waals surface area contributed by atoms with Crippen molar-refractivity contribution in [2.24, 2.45) is 0 Å². The van der Waals surface area contributed by atoms with Crippen molar-refractivity contribution < 1.29 is 9.13 Å². The van der Waals surface area contributed by atoms with Gasteiger partial charge in [0.05, 0.1) is 6.61 Å². The maximum atomic E-state index is 12.9. The topological polar surface area (TPSA) is 9.23 Å². The molecule has 0 radical (unpaired) electrons. The number of hydrogen-bond donors (Lipinski definition) is 0. The molecule has 0 aliphatic carbocycles. The van der Waals surface area contributed by atoms with Gasteiger partial charge in [0.25, 0.3) is 0 Å². The van der Waals surface area contributed by atoms with Crippen molar-refractivity contribution >= 4 is 15.9 Å². The van der Waals surface area contributed by atoms with Gasteiger partial charge in [-0.1, -0.05) is 46.3 Å². The zero-order valence-corrected chi connectivity index (χ0v) is 11.3. The van der Waals surface area contributed by atoms with E-state index in [-0.39, 0.29) is 11.9 Å². The summed E-state index contributed by atoms with van der Waals surface area (Å²) in [6.07, 6.45) is -0.0648. The molecule has 1 atom stereocenters. The van der Waals surface area contributed by atoms with E-state index in [1.807, 2.05) is 0 Å². The van der Waals surface area contributed by atoms with Crippen LogP contribution in [0.15, 0.2) is 42.5 Å². The summed E-state index contributed by atoms with van der Waals surface area (Å²) >= 11 is 3.45. The first-order valence-corrected chi connectivity index (χ1v) is 6.95. The molecule has 2 aromatic carbocycles. The fourth-order valence-corrected chi connectivity index (χ4v) is 2.65. The van der Waals surface area contributed by atoms with Gasteiger partial charge >= 0.3 is 0 Å². The maximum absolute atomic E-state index is 12.9. The Kier molecular flexibility index (Phi) is 3.18. The third kappa shape index (κ3) is 2.08. The molecule has 18 heavy (non-hydrogen) atoms. The summed E-state index contributed by atoms with van der Waals surface area (Å²) in [6, 6.07) is 12.9. The van der Waals surface area contributed by atoms with E-state index in [9.17, 15) is 4.39 Å². The van der Waals surface area contributed by atoms with Crippen molar-refractivity contribution in [3.8, 4) is 0 Å². The lowest BCUT2D eigenvalue weighted by Gasteiger charge is -2.11. The Hall–Kier alpha value is -1.19. The summed E-state index contributed by atoms with van der Waals surface area (Å²) in [5.41, 5.74) is 4.66. The Balaban J connectivity index is 1.97. The minimum Gasteiger partial charge on any atom is -0.364 e. The van der Waals surface area contributed by atoms with Gasteiger partial charge in [-0.3, -0.25) is 0 Å². The highest BCUT2D eigenvalue weighted by Crippen LogP contribution is 2.36. The number of benzene rings is 2. The molecular formula is C15H12BrFO. The van der Waals surface area contributed by atoms with Crippen LogP contribution in [0.5, 0.6) is 0 Å². The highest BCUT2D eigenvalue weighted by molar-refractivity contribution is 9.08. The van der Waals surface area contributed by atoms with Crippen LogP contribution < -0.4 is 0 Å². The molecule has 1 heterocycles. The molecule has 1 aliphatic heterocycles. The average molecular weight is 307 g/mol. The van der Waals surface area contributed by atoms with Gasteiger partial charge in [0.15, 0.2) is 0 Å². The molecule has 0 saturated heterocycles. The lowest BCUT2D eigenvalue weighted by atomic mass is 9.98. The van der Waals surface area contributed by atoms with Crippen molar-refractivity contribution in [3.05, 3.63) is 70.5 Å². The van der Waals surface area contributed by atoms with Crippen molar-refractivity contribution in [2.45, 2.75) is 18.0 Å². The van der Waals surface area contributed by atoms with Crippen LogP contribution in [0.4, 0.5) is 4.39 Å². The maximum Gasteiger partial charge on any atom is 0.123 e. The van der Waals surface area contributed by atoms with Crippen molar-refractivity contribution in [1.82, 2.24) is 0 Å². The van der Waals surface area contributed by atoms with E-state index in [4.69, 9.17) is 4.74 Å². The van der Waals surface area contributed by atoms with Gasteiger partial charge in [-0.25, -0.2) is 4.39 Å². The van der Waals surface area contributed by atoms with Gasteiger partial charge in [-0.05, 0) is 34.4 Å². The van der Waals surface area contributed by atoms with Crippen LogP contribution in [0.2, 0.25) is 0 Å². The van der Waals surface area contributed by atoms with Crippen LogP contribution in [0.25, 0.3) is 0 Å². The predicted octanol–water partition coefficient (Wildman–Crippen LogP) is 4.34. The highest BCUT2D eigenvalue weighted by atomic mass is 79.9. The van der Waals surface area contributed by atoms with E-state index in [1.165, 1.54) is 28.8 Å². The van der Waals surface area contributed by atoms with Gasteiger partial charge in [-0.2, -0.15) is 0 Å². The predicted molar refractivity (Wildman–Crippen MR) is 72.1 cm³/mol. The standard InChI is InChI=1S/C15H12BrFO/c16-8-10-1-6-14-12(7-10)9-18-15(14)11-2-4-13(17)5-3-11/h1-7,15H,8-9H2. The Bertz CT molecular complexity index is 565. The first kappa shape index (κ1) is 11.9. The Morgan fingerprint density at radius 3 is 2.67 bits per heavy atom. The molecule has 0 amide bonds. The van der Waals surface area contributed by atoms with Gasteiger partial charge in [-0.15, -0.1) is 0 Å². The highest BCUT2D eigenvalue weighted by Gasteiger charge is 2.24. The van der Waals surface area contributed by atoms with Gasteiger partial charge < -0.3 is 4.74 Å². The summed E-state index contributed by atoms with van der Waals surface area (Å²) in [5, 5.41) is 0.849. The van der Waals surface area contributed by atoms with Crippen LogP contribution in [0, 0.1) is 5.82 Å². The van der Waals surface area contributed by atoms with E-state index in [1.54, 1.807) is 12.1 Å². The molecule has 1 unspecified atom stereocenters. The molecule has 1 nitrogen and oxygen atoms in total. The summed E-state index contributed by atoms with van der Waals surface area (Å²) in [6.45, 7) is 0.623. The second-order valence-corrected chi connectivity index (χ2v) is 4.97. The summed E-state index contributed by atoms with van der Waals surface area (Å²) < 4.78 is 18.7. The third-order valence-electron chi connectivity index (χ3n) is 3.22. The summed E-state index contributed by atoms with van der Waals surface area (Å²) in [5.74, 6) is -0.216. The van der Waals surface area contributed by atoms with E-state index in [0.717, 1.165) is 10.9 Å². The van der Waals surface area contributed by atoms with Crippen molar-refractivity contribution in [3.63, 3.8) is 0 Å². The number of fused-ring (bicyclic) bond motifs is 1. The molecule has 0 saturated carbocycles. The second-order valence-electron chi connectivity index (χ2n) is 4.41. The third-order valence-corrected chi connectivity index (χ3v) is 3.87. The summed E-state index contributed by atoms with van der Waals surface area (Å²) in [7, 11) is 0. The molecule has 0 N–H and O–H groups in total. The second kappa shape index (κ2) is 4.82. The molecule has 1 aliphatic rings. The lowest BCUT2D eigenvalue weighted by Crippen LogP contribution is -1.98. The smallest absolute Gasteiger partial charge is 0.123 e. The molecular weight excluding hydrogens is 295 g/mol. The van der Waals surface area contributed by atoms with E-state index < -0.39 is 0 Å². The molecule has 3 heteroatoms. The van der Waals surface area contributed by atoms with Crippen LogP contribution >= 0.6 is 15.9 Å². The zero-order chi connectivity index (χ0) is 12.5. The Morgan fingerprint density at radius 2 is 1.94 bits per heavy atom. The molecule has 0 aromatic heterocycles. The molecule has 0 bridgehead atoms. The van der Waals surface area contributed by atoms with E-state index in [2.05, 4.69) is 34.1 Å². The monoisotopic (exact) mass is 306 g/mol. The van der Waals surface area contributed by atoms with Crippen LogP contribution in [0.3, 0.4) is 0 Å². The minimum absolute atomic E-state index is 0.0648. The SMILES string of the molecule is Fc1ccc(C2OCc3cc(CBr)ccc32)cc1. The molecule has 0 fully saturated rings. The number of halogens is 2. The first-order valence-electron chi connectivity index (χ1n) is 5.82. The largest absolute Gasteiger partial charge is 0.364 e. The molecule has 3 rings (SSSR count). The molecule has 2 aromatic rings. The Morgan fingerprint density at radius 1 is 1.17 bits per heavy atom. The summed E-state index contributed by atoms with van der Waals surface area (Å²) in [4.78, 5) is 0. The first-order chi connectivity index (χ1) is 8.78. The minimum atomic E-state index is -0.216. The lowest BCUT2D eigenvalue weighted by molar-refractivity contribution is 0.0939. The number of hydrogen-bond acceptors (Lipinski definition) is 1. The number of alkyl halides is 1. The number of ether oxygens (including phenoxy) is 1. The quantitative estimate of drug-likeness (QED) is 0.750. The molecule has 92 valence electrons. The van der Waals surface area contributed by atoms with Crippen LogP contribution in [-0.2, 0) is 16.7 Å². The Labute approximate surface area is 114 Å². The van der Waals surface area contributed by atoms with Crippen molar-refractivity contribution in [2.75, 3.05) is 0 Å². The van der Waals surface area contributed by atoms with Gasteiger partial charge in [0.1, 0.15) is 11.9 Å². The van der Waals surface area contributed by atoms with Gasteiger partial charge in [0.2, 0.25) is 0 Å². The fourth-order valence-electron chi connectivity index (χ4n) is 2.30.